The van der Waals surface area contributed by atoms with Gasteiger partial charge < -0.3 is 24.8 Å². The van der Waals surface area contributed by atoms with Gasteiger partial charge in [-0.25, -0.2) is 4.98 Å². The van der Waals surface area contributed by atoms with E-state index in [1.807, 2.05) is 23.0 Å². The van der Waals surface area contributed by atoms with E-state index in [1.165, 1.54) is 5.69 Å². The van der Waals surface area contributed by atoms with E-state index in [1.54, 1.807) is 12.4 Å². The van der Waals surface area contributed by atoms with Gasteiger partial charge in [-0.3, -0.25) is 4.98 Å². The first-order valence-electron chi connectivity index (χ1n) is 10.8. The first kappa shape index (κ1) is 20.2. The average molecular weight is 431 g/mol. The normalized spacial score (nSPS) is 14.2. The lowest BCUT2D eigenvalue weighted by Crippen LogP contribution is -2.36. The van der Waals surface area contributed by atoms with Crippen LogP contribution in [-0.2, 0) is 4.74 Å². The third-order valence-electron chi connectivity index (χ3n) is 5.40. The summed E-state index contributed by atoms with van der Waals surface area (Å²) in [5, 5.41) is 6.68. The number of ether oxygens (including phenoxy) is 1. The highest BCUT2D eigenvalue weighted by molar-refractivity contribution is 5.87. The van der Waals surface area contributed by atoms with E-state index < -0.39 is 0 Å². The van der Waals surface area contributed by atoms with Crippen LogP contribution in [0.15, 0.2) is 55.1 Å². The van der Waals surface area contributed by atoms with Gasteiger partial charge in [0.05, 0.1) is 31.4 Å². The summed E-state index contributed by atoms with van der Waals surface area (Å²) in [4.78, 5) is 20.5. The highest BCUT2D eigenvalue weighted by Crippen LogP contribution is 2.28. The molecule has 0 atom stereocenters. The number of imidazole rings is 1. The van der Waals surface area contributed by atoms with Crippen LogP contribution in [0.25, 0.3) is 11.2 Å². The number of aromatic nitrogens is 5. The van der Waals surface area contributed by atoms with Gasteiger partial charge in [0.15, 0.2) is 17.0 Å². The Bertz CT molecular complexity index is 1180. The third kappa shape index (κ3) is 4.19. The number of fused-ring (bicyclic) bond motifs is 1. The van der Waals surface area contributed by atoms with Crippen LogP contribution in [0.4, 0.5) is 28.8 Å². The van der Waals surface area contributed by atoms with E-state index in [4.69, 9.17) is 14.7 Å². The maximum atomic E-state index is 5.45. The van der Waals surface area contributed by atoms with E-state index >= 15 is 0 Å². The SMILES string of the molecule is CC(C)n1cnc2c(Nc3ccc(N4CCOCC4)cc3)nc(Nc3cccnc3)nc21. The van der Waals surface area contributed by atoms with Crippen molar-refractivity contribution >= 4 is 40.0 Å². The predicted molar refractivity (Wildman–Crippen MR) is 126 cm³/mol. The fraction of sp³-hybridized carbons (Fsp3) is 0.304. The second-order valence-corrected chi connectivity index (χ2v) is 7.95. The Morgan fingerprint density at radius 2 is 1.78 bits per heavy atom. The third-order valence-corrected chi connectivity index (χ3v) is 5.40. The molecule has 1 fully saturated rings. The quantitative estimate of drug-likeness (QED) is 0.472. The predicted octanol–water partition coefficient (Wildman–Crippen LogP) is 4.13. The van der Waals surface area contributed by atoms with Crippen LogP contribution in [0.5, 0.6) is 0 Å². The van der Waals surface area contributed by atoms with Crippen LogP contribution >= 0.6 is 0 Å². The minimum Gasteiger partial charge on any atom is -0.378 e. The Morgan fingerprint density at radius 1 is 0.969 bits per heavy atom. The molecule has 0 radical (unpaired) electrons. The van der Waals surface area contributed by atoms with Crippen molar-refractivity contribution < 1.29 is 4.74 Å². The Hall–Kier alpha value is -3.72. The number of nitrogens with zero attached hydrogens (tertiary/aromatic N) is 6. The molecule has 5 rings (SSSR count). The summed E-state index contributed by atoms with van der Waals surface area (Å²) in [5.41, 5.74) is 4.45. The fourth-order valence-corrected chi connectivity index (χ4v) is 3.72. The van der Waals surface area contributed by atoms with Crippen LogP contribution < -0.4 is 15.5 Å². The summed E-state index contributed by atoms with van der Waals surface area (Å²) in [5.74, 6) is 1.14. The molecule has 0 unspecified atom stereocenters. The van der Waals surface area contributed by atoms with E-state index in [-0.39, 0.29) is 6.04 Å². The largest absolute Gasteiger partial charge is 0.378 e. The topological polar surface area (TPSA) is 93.0 Å². The van der Waals surface area contributed by atoms with Gasteiger partial charge in [-0.05, 0) is 50.2 Å². The van der Waals surface area contributed by atoms with Gasteiger partial charge in [-0.15, -0.1) is 0 Å². The molecule has 0 bridgehead atoms. The van der Waals surface area contributed by atoms with Crippen molar-refractivity contribution in [3.63, 3.8) is 0 Å². The lowest BCUT2D eigenvalue weighted by atomic mass is 10.2. The number of benzene rings is 1. The van der Waals surface area contributed by atoms with Crippen LogP contribution in [-0.4, -0.2) is 50.8 Å². The maximum absolute atomic E-state index is 5.45. The zero-order chi connectivity index (χ0) is 21.9. The van der Waals surface area contributed by atoms with E-state index in [2.05, 4.69) is 63.6 Å². The molecule has 4 heterocycles. The number of nitrogens with one attached hydrogen (secondary N) is 2. The standard InChI is InChI=1S/C23H26N8O/c1-16(2)31-15-25-20-21(28-23(29-22(20)31)27-18-4-3-9-24-14-18)26-17-5-7-19(8-6-17)30-10-12-32-13-11-30/h3-9,14-16H,10-13H2,1-2H3,(H2,26,27,28,29). The summed E-state index contributed by atoms with van der Waals surface area (Å²) in [6, 6.07) is 12.4. The van der Waals surface area contributed by atoms with Crippen LogP contribution in [0.3, 0.4) is 0 Å². The molecule has 2 N–H and O–H groups in total. The van der Waals surface area contributed by atoms with Crippen LogP contribution in [0, 0.1) is 0 Å². The minimum absolute atomic E-state index is 0.224. The molecule has 0 amide bonds. The Kier molecular flexibility index (Phi) is 5.55. The lowest BCUT2D eigenvalue weighted by molar-refractivity contribution is 0.122. The second kappa shape index (κ2) is 8.80. The molecule has 3 aromatic heterocycles. The Balaban J connectivity index is 1.46. The summed E-state index contributed by atoms with van der Waals surface area (Å²) < 4.78 is 7.49. The number of morpholine rings is 1. The number of hydrogen-bond acceptors (Lipinski definition) is 8. The van der Waals surface area contributed by atoms with Gasteiger partial charge in [0.1, 0.15) is 0 Å². The van der Waals surface area contributed by atoms with Crippen LogP contribution in [0.2, 0.25) is 0 Å². The molecule has 1 aliphatic heterocycles. The maximum Gasteiger partial charge on any atom is 0.231 e. The van der Waals surface area contributed by atoms with Gasteiger partial charge in [0.25, 0.3) is 0 Å². The molecule has 1 aliphatic rings. The molecule has 1 saturated heterocycles. The average Bonchev–Trinajstić information content (AvgIpc) is 3.25. The van der Waals surface area contributed by atoms with Gasteiger partial charge in [-0.1, -0.05) is 0 Å². The molecule has 1 aromatic carbocycles. The smallest absolute Gasteiger partial charge is 0.231 e. The molecule has 0 aliphatic carbocycles. The van der Waals surface area contributed by atoms with E-state index in [9.17, 15) is 0 Å². The lowest BCUT2D eigenvalue weighted by Gasteiger charge is -2.28. The summed E-state index contributed by atoms with van der Waals surface area (Å²) >= 11 is 0. The van der Waals surface area contributed by atoms with Gasteiger partial charge >= 0.3 is 0 Å². The minimum atomic E-state index is 0.224. The van der Waals surface area contributed by atoms with Gasteiger partial charge in [0.2, 0.25) is 5.95 Å². The van der Waals surface area contributed by atoms with Crippen molar-refractivity contribution in [3.8, 4) is 0 Å². The highest BCUT2D eigenvalue weighted by Gasteiger charge is 2.16. The molecule has 32 heavy (non-hydrogen) atoms. The molecule has 9 heteroatoms. The van der Waals surface area contributed by atoms with Crippen molar-refractivity contribution in [1.29, 1.82) is 0 Å². The molecular formula is C23H26N8O. The van der Waals surface area contributed by atoms with Gasteiger partial charge in [0, 0.05) is 36.7 Å². The fourth-order valence-electron chi connectivity index (χ4n) is 3.72. The van der Waals surface area contributed by atoms with E-state index in [0.717, 1.165) is 48.8 Å². The van der Waals surface area contributed by atoms with Crippen molar-refractivity contribution in [2.75, 3.05) is 41.8 Å². The molecule has 0 spiro atoms. The van der Waals surface area contributed by atoms with Crippen molar-refractivity contribution in [2.45, 2.75) is 19.9 Å². The summed E-state index contributed by atoms with van der Waals surface area (Å²) in [6.07, 6.45) is 5.28. The van der Waals surface area contributed by atoms with Crippen molar-refractivity contribution in [3.05, 3.63) is 55.1 Å². The van der Waals surface area contributed by atoms with Crippen LogP contribution in [0.1, 0.15) is 19.9 Å². The molecule has 9 nitrogen and oxygen atoms in total. The summed E-state index contributed by atoms with van der Waals surface area (Å²) in [7, 11) is 0. The van der Waals surface area contributed by atoms with E-state index in [0.29, 0.717) is 11.8 Å². The molecule has 4 aromatic rings. The second-order valence-electron chi connectivity index (χ2n) is 7.95. The molecular weight excluding hydrogens is 404 g/mol. The summed E-state index contributed by atoms with van der Waals surface area (Å²) in [6.45, 7) is 7.57. The zero-order valence-electron chi connectivity index (χ0n) is 18.2. The monoisotopic (exact) mass is 430 g/mol. The van der Waals surface area contributed by atoms with Gasteiger partial charge in [-0.2, -0.15) is 9.97 Å². The zero-order valence-corrected chi connectivity index (χ0v) is 18.2. The first-order chi connectivity index (χ1) is 15.7. The number of anilines is 5. The first-order valence-corrected chi connectivity index (χ1v) is 10.8. The number of hydrogen-bond donors (Lipinski definition) is 2. The highest BCUT2D eigenvalue weighted by atomic mass is 16.5. The Morgan fingerprint density at radius 3 is 2.50 bits per heavy atom. The number of rotatable bonds is 6. The van der Waals surface area contributed by atoms with Crippen molar-refractivity contribution in [2.24, 2.45) is 0 Å². The Labute approximate surface area is 186 Å². The molecule has 164 valence electrons. The molecule has 0 saturated carbocycles. The van der Waals surface area contributed by atoms with Crippen molar-refractivity contribution in [1.82, 2.24) is 24.5 Å². The number of pyridine rings is 1.